The molecule has 0 amide bonds. The summed E-state index contributed by atoms with van der Waals surface area (Å²) in [4.78, 5) is 0. The largest absolute Gasteiger partial charge is 0.386 e. The number of fused-ring (bicyclic) bond motifs is 2. The van der Waals surface area contributed by atoms with E-state index in [9.17, 15) is 5.11 Å². The lowest BCUT2D eigenvalue weighted by molar-refractivity contribution is 0.0380. The van der Waals surface area contributed by atoms with E-state index in [1.165, 1.54) is 6.42 Å². The van der Waals surface area contributed by atoms with Crippen molar-refractivity contribution in [2.75, 3.05) is 0 Å². The molecule has 2 bridgehead atoms. The van der Waals surface area contributed by atoms with E-state index in [1.807, 2.05) is 10.7 Å². The molecule has 4 atom stereocenters. The normalized spacial score (nSPS) is 33.2. The van der Waals surface area contributed by atoms with Gasteiger partial charge in [-0.1, -0.05) is 6.92 Å². The van der Waals surface area contributed by atoms with Crippen LogP contribution in [-0.2, 0) is 11.3 Å². The van der Waals surface area contributed by atoms with Crippen molar-refractivity contribution >= 4 is 0 Å². The minimum absolute atomic E-state index is 0.264. The summed E-state index contributed by atoms with van der Waals surface area (Å²) in [5.41, 5.74) is 0.952. The lowest BCUT2D eigenvalue weighted by Crippen LogP contribution is -2.25. The van der Waals surface area contributed by atoms with Crippen molar-refractivity contribution in [2.45, 2.75) is 57.5 Å². The first-order valence-corrected chi connectivity index (χ1v) is 6.65. The highest BCUT2D eigenvalue weighted by Gasteiger charge is 2.44. The van der Waals surface area contributed by atoms with E-state index in [0.717, 1.165) is 31.5 Å². The number of aliphatic hydroxyl groups is 1. The predicted octanol–water partition coefficient (Wildman–Crippen LogP) is 1.89. The number of hydrogen-bond donors (Lipinski definition) is 1. The van der Waals surface area contributed by atoms with Crippen molar-refractivity contribution in [2.24, 2.45) is 5.92 Å². The third-order valence-electron chi connectivity index (χ3n) is 4.05. The van der Waals surface area contributed by atoms with E-state index in [0.29, 0.717) is 6.10 Å². The molecule has 4 heteroatoms. The van der Waals surface area contributed by atoms with Gasteiger partial charge in [0.15, 0.2) is 0 Å². The number of rotatable bonds is 4. The van der Waals surface area contributed by atoms with Crippen molar-refractivity contribution in [1.29, 1.82) is 0 Å². The zero-order chi connectivity index (χ0) is 11.8. The maximum atomic E-state index is 10.5. The fraction of sp³-hybridized carbons (Fsp3) is 0.769. The lowest BCUT2D eigenvalue weighted by Gasteiger charge is -2.24. The molecule has 0 saturated carbocycles. The molecule has 1 aromatic rings. The van der Waals surface area contributed by atoms with Crippen LogP contribution in [0.1, 0.15) is 44.4 Å². The summed E-state index contributed by atoms with van der Waals surface area (Å²) >= 11 is 0. The molecular formula is C13H20N2O2. The minimum atomic E-state index is -0.417. The Labute approximate surface area is 102 Å². The Bertz CT molecular complexity index is 391. The molecule has 2 aliphatic heterocycles. The summed E-state index contributed by atoms with van der Waals surface area (Å²) in [5, 5.41) is 14.8. The van der Waals surface area contributed by atoms with Crippen LogP contribution in [0, 0.1) is 5.92 Å². The van der Waals surface area contributed by atoms with Crippen molar-refractivity contribution in [3.63, 3.8) is 0 Å². The van der Waals surface area contributed by atoms with E-state index in [1.54, 1.807) is 6.20 Å². The average Bonchev–Trinajstić information content (AvgIpc) is 3.03. The van der Waals surface area contributed by atoms with Gasteiger partial charge in [0, 0.05) is 18.7 Å². The van der Waals surface area contributed by atoms with Crippen molar-refractivity contribution in [3.05, 3.63) is 18.0 Å². The Balaban J connectivity index is 1.77. The summed E-state index contributed by atoms with van der Waals surface area (Å²) in [6.07, 6.45) is 6.33. The van der Waals surface area contributed by atoms with Crippen LogP contribution >= 0.6 is 0 Å². The summed E-state index contributed by atoms with van der Waals surface area (Å²) in [6.45, 7) is 3.00. The summed E-state index contributed by atoms with van der Waals surface area (Å²) < 4.78 is 7.74. The molecule has 2 fully saturated rings. The summed E-state index contributed by atoms with van der Waals surface area (Å²) in [5.74, 6) is 0.265. The van der Waals surface area contributed by atoms with Crippen LogP contribution in [0.3, 0.4) is 0 Å². The fourth-order valence-electron chi connectivity index (χ4n) is 3.22. The molecule has 2 saturated heterocycles. The van der Waals surface area contributed by atoms with Gasteiger partial charge in [-0.25, -0.2) is 0 Å². The number of nitrogens with zero attached hydrogens (tertiary/aromatic N) is 2. The zero-order valence-corrected chi connectivity index (χ0v) is 10.2. The Morgan fingerprint density at radius 3 is 3.12 bits per heavy atom. The third-order valence-corrected chi connectivity index (χ3v) is 4.05. The van der Waals surface area contributed by atoms with Crippen LogP contribution in [-0.4, -0.2) is 27.1 Å². The Hall–Kier alpha value is -0.870. The number of ether oxygens (including phenoxy) is 1. The van der Waals surface area contributed by atoms with E-state index < -0.39 is 6.10 Å². The van der Waals surface area contributed by atoms with Crippen LogP contribution < -0.4 is 0 Å². The Morgan fingerprint density at radius 2 is 2.47 bits per heavy atom. The summed E-state index contributed by atoms with van der Waals surface area (Å²) in [7, 11) is 0. The molecule has 2 aliphatic rings. The highest BCUT2D eigenvalue weighted by molar-refractivity contribution is 5.09. The van der Waals surface area contributed by atoms with Gasteiger partial charge in [0.1, 0.15) is 6.10 Å². The van der Waals surface area contributed by atoms with Gasteiger partial charge < -0.3 is 9.84 Å². The molecule has 0 aliphatic carbocycles. The van der Waals surface area contributed by atoms with Gasteiger partial charge in [0.05, 0.1) is 17.9 Å². The number of aryl methyl sites for hydroxylation is 1. The molecule has 17 heavy (non-hydrogen) atoms. The molecule has 1 aromatic heterocycles. The van der Waals surface area contributed by atoms with Crippen LogP contribution in [0.25, 0.3) is 0 Å². The van der Waals surface area contributed by atoms with Gasteiger partial charge in [-0.05, 0) is 31.7 Å². The van der Waals surface area contributed by atoms with Crippen LogP contribution in [0.4, 0.5) is 0 Å². The molecule has 0 spiro atoms. The van der Waals surface area contributed by atoms with Crippen LogP contribution in [0.2, 0.25) is 0 Å². The lowest BCUT2D eigenvalue weighted by atomic mass is 9.84. The van der Waals surface area contributed by atoms with Crippen LogP contribution in [0.15, 0.2) is 12.3 Å². The third kappa shape index (κ3) is 1.89. The second-order valence-corrected chi connectivity index (χ2v) is 5.20. The number of aromatic nitrogens is 2. The predicted molar refractivity (Wildman–Crippen MR) is 63.5 cm³/mol. The monoisotopic (exact) mass is 236 g/mol. The van der Waals surface area contributed by atoms with Gasteiger partial charge in [0.2, 0.25) is 0 Å². The van der Waals surface area contributed by atoms with Gasteiger partial charge in [-0.2, -0.15) is 5.10 Å². The molecule has 0 radical (unpaired) electrons. The van der Waals surface area contributed by atoms with Crippen LogP contribution in [0.5, 0.6) is 0 Å². The van der Waals surface area contributed by atoms with E-state index in [2.05, 4.69) is 12.0 Å². The van der Waals surface area contributed by atoms with E-state index in [4.69, 9.17) is 4.74 Å². The standard InChI is InChI=1S/C13H20N2O2/c1-2-7-15-11(5-6-14-15)13(16)10-8-9-3-4-12(10)17-9/h5-6,9-10,12-13,16H,2-4,7-8H2,1H3. The first-order chi connectivity index (χ1) is 8.29. The molecule has 0 aromatic carbocycles. The second-order valence-electron chi connectivity index (χ2n) is 5.20. The highest BCUT2D eigenvalue weighted by Crippen LogP contribution is 2.44. The number of aliphatic hydroxyl groups excluding tert-OH is 1. The van der Waals surface area contributed by atoms with Gasteiger partial charge in [0.25, 0.3) is 0 Å². The SMILES string of the molecule is CCCn1nccc1C(O)C1CC2CCC1O2. The van der Waals surface area contributed by atoms with E-state index in [-0.39, 0.29) is 12.0 Å². The first kappa shape index (κ1) is 11.2. The van der Waals surface area contributed by atoms with Gasteiger partial charge in [-0.3, -0.25) is 4.68 Å². The maximum absolute atomic E-state index is 10.5. The average molecular weight is 236 g/mol. The first-order valence-electron chi connectivity index (χ1n) is 6.65. The molecular weight excluding hydrogens is 216 g/mol. The van der Waals surface area contributed by atoms with Gasteiger partial charge >= 0.3 is 0 Å². The number of hydrogen-bond acceptors (Lipinski definition) is 3. The second kappa shape index (κ2) is 4.42. The molecule has 3 heterocycles. The molecule has 4 nitrogen and oxygen atoms in total. The molecule has 3 rings (SSSR count). The van der Waals surface area contributed by atoms with Crippen molar-refractivity contribution in [3.8, 4) is 0 Å². The zero-order valence-electron chi connectivity index (χ0n) is 10.2. The van der Waals surface area contributed by atoms with Gasteiger partial charge in [-0.15, -0.1) is 0 Å². The Morgan fingerprint density at radius 1 is 1.59 bits per heavy atom. The Kier molecular flexibility index (Phi) is 2.92. The summed E-state index contributed by atoms with van der Waals surface area (Å²) in [6, 6.07) is 1.94. The van der Waals surface area contributed by atoms with E-state index >= 15 is 0 Å². The van der Waals surface area contributed by atoms with Crippen molar-refractivity contribution < 1.29 is 9.84 Å². The quantitative estimate of drug-likeness (QED) is 0.868. The highest BCUT2D eigenvalue weighted by atomic mass is 16.5. The van der Waals surface area contributed by atoms with Crippen molar-refractivity contribution in [1.82, 2.24) is 9.78 Å². The molecule has 94 valence electrons. The maximum Gasteiger partial charge on any atom is 0.101 e. The smallest absolute Gasteiger partial charge is 0.101 e. The molecule has 4 unspecified atom stereocenters. The fourth-order valence-corrected chi connectivity index (χ4v) is 3.22. The molecule has 1 N–H and O–H groups in total. The minimum Gasteiger partial charge on any atom is -0.386 e. The topological polar surface area (TPSA) is 47.3 Å².